The first-order valence-corrected chi connectivity index (χ1v) is 9.15. The minimum atomic E-state index is -0.298. The van der Waals surface area contributed by atoms with Crippen LogP contribution in [0.2, 0.25) is 0 Å². The molecule has 1 heterocycles. The van der Waals surface area contributed by atoms with Gasteiger partial charge in [0.1, 0.15) is 5.82 Å². The van der Waals surface area contributed by atoms with Gasteiger partial charge in [-0.15, -0.1) is 0 Å². The fraction of sp³-hybridized carbons (Fsp3) is 0.0833. The van der Waals surface area contributed by atoms with Gasteiger partial charge in [0.2, 0.25) is 0 Å². The maximum atomic E-state index is 13.4. The van der Waals surface area contributed by atoms with Gasteiger partial charge >= 0.3 is 0 Å². The third-order valence-electron chi connectivity index (χ3n) is 4.72. The number of halogens is 1. The Morgan fingerprint density at radius 2 is 1.57 bits per heavy atom. The van der Waals surface area contributed by atoms with Crippen molar-refractivity contribution in [1.82, 2.24) is 5.01 Å². The molecule has 3 aromatic rings. The summed E-state index contributed by atoms with van der Waals surface area (Å²) in [6, 6.07) is 25.4. The zero-order valence-corrected chi connectivity index (χ0v) is 15.2. The summed E-state index contributed by atoms with van der Waals surface area (Å²) in [5, 5.41) is 6.10. The van der Waals surface area contributed by atoms with E-state index in [-0.39, 0.29) is 17.8 Å². The Morgan fingerprint density at radius 1 is 0.929 bits per heavy atom. The van der Waals surface area contributed by atoms with Gasteiger partial charge in [-0.05, 0) is 34.9 Å². The number of nitrogens with zero attached hydrogens (tertiary/aromatic N) is 2. The number of hydrogen-bond acceptors (Lipinski definition) is 2. The molecule has 28 heavy (non-hydrogen) atoms. The Labute approximate surface area is 163 Å². The van der Waals surface area contributed by atoms with Crippen molar-refractivity contribution in [2.45, 2.75) is 12.5 Å². The summed E-state index contributed by atoms with van der Waals surface area (Å²) in [5.74, 6) is -0.503. The van der Waals surface area contributed by atoms with Gasteiger partial charge < -0.3 is 0 Å². The molecule has 0 radical (unpaired) electrons. The predicted molar refractivity (Wildman–Crippen MR) is 109 cm³/mol. The van der Waals surface area contributed by atoms with E-state index in [0.29, 0.717) is 6.42 Å². The van der Waals surface area contributed by atoms with Crippen molar-refractivity contribution in [3.8, 4) is 0 Å². The molecule has 3 aromatic carbocycles. The maximum absolute atomic E-state index is 13.4. The lowest BCUT2D eigenvalue weighted by atomic mass is 9.98. The molecule has 1 amide bonds. The SMILES string of the molecule is O=C(/C=C/c1ccccc1)N1N=C(c2ccccc2)C[C@@H]1c1ccc(F)cc1. The Morgan fingerprint density at radius 3 is 2.25 bits per heavy atom. The van der Waals surface area contributed by atoms with E-state index in [1.54, 1.807) is 18.2 Å². The number of amides is 1. The Hall–Kier alpha value is -3.53. The van der Waals surface area contributed by atoms with Crippen molar-refractivity contribution >= 4 is 17.7 Å². The number of rotatable bonds is 4. The van der Waals surface area contributed by atoms with E-state index >= 15 is 0 Å². The van der Waals surface area contributed by atoms with Gasteiger partial charge in [-0.2, -0.15) is 5.10 Å². The lowest BCUT2D eigenvalue weighted by molar-refractivity contribution is -0.127. The van der Waals surface area contributed by atoms with E-state index in [0.717, 1.165) is 22.4 Å². The van der Waals surface area contributed by atoms with Crippen molar-refractivity contribution in [1.29, 1.82) is 0 Å². The molecule has 0 saturated carbocycles. The molecule has 1 aliphatic rings. The lowest BCUT2D eigenvalue weighted by Crippen LogP contribution is -2.25. The average Bonchev–Trinajstić information content (AvgIpc) is 3.19. The van der Waals surface area contributed by atoms with Crippen LogP contribution in [0, 0.1) is 5.82 Å². The summed E-state index contributed by atoms with van der Waals surface area (Å²) in [7, 11) is 0. The summed E-state index contributed by atoms with van der Waals surface area (Å²) in [5.41, 5.74) is 3.63. The summed E-state index contributed by atoms with van der Waals surface area (Å²) in [4.78, 5) is 12.9. The molecule has 0 N–H and O–H groups in total. The van der Waals surface area contributed by atoms with Crippen LogP contribution in [-0.4, -0.2) is 16.6 Å². The summed E-state index contributed by atoms with van der Waals surface area (Å²) < 4.78 is 13.4. The van der Waals surface area contributed by atoms with Crippen LogP contribution in [0.3, 0.4) is 0 Å². The monoisotopic (exact) mass is 370 g/mol. The van der Waals surface area contributed by atoms with E-state index in [4.69, 9.17) is 0 Å². The van der Waals surface area contributed by atoms with Crippen LogP contribution in [-0.2, 0) is 4.79 Å². The molecule has 1 atom stereocenters. The molecule has 0 spiro atoms. The van der Waals surface area contributed by atoms with Crippen LogP contribution in [0.15, 0.2) is 96.1 Å². The average molecular weight is 370 g/mol. The standard InChI is InChI=1S/C24H19FN2O/c25-21-14-12-20(13-15-21)23-17-22(19-9-5-2-6-10-19)26-27(23)24(28)16-11-18-7-3-1-4-8-18/h1-16,23H,17H2/b16-11+/t23-/m1/s1. The van der Waals surface area contributed by atoms with Gasteiger partial charge in [0.25, 0.3) is 5.91 Å². The first-order chi connectivity index (χ1) is 13.7. The molecule has 0 saturated heterocycles. The van der Waals surface area contributed by atoms with Crippen LogP contribution in [0.25, 0.3) is 6.08 Å². The van der Waals surface area contributed by atoms with Crippen molar-refractivity contribution in [3.05, 3.63) is 114 Å². The number of hydrazone groups is 1. The molecular weight excluding hydrogens is 351 g/mol. The van der Waals surface area contributed by atoms with Gasteiger partial charge in [0, 0.05) is 12.5 Å². The quantitative estimate of drug-likeness (QED) is 0.580. The third kappa shape index (κ3) is 3.91. The van der Waals surface area contributed by atoms with Crippen LogP contribution in [0.1, 0.15) is 29.2 Å². The highest BCUT2D eigenvalue weighted by molar-refractivity contribution is 6.04. The van der Waals surface area contributed by atoms with Gasteiger partial charge in [0.15, 0.2) is 0 Å². The van der Waals surface area contributed by atoms with E-state index in [9.17, 15) is 9.18 Å². The Balaban J connectivity index is 1.64. The van der Waals surface area contributed by atoms with Crippen LogP contribution < -0.4 is 0 Å². The van der Waals surface area contributed by atoms with Crippen molar-refractivity contribution < 1.29 is 9.18 Å². The molecule has 0 unspecified atom stereocenters. The number of carbonyl (C=O) groups excluding carboxylic acids is 1. The third-order valence-corrected chi connectivity index (χ3v) is 4.72. The first-order valence-electron chi connectivity index (χ1n) is 9.15. The van der Waals surface area contributed by atoms with Gasteiger partial charge in [0.05, 0.1) is 11.8 Å². The maximum Gasteiger partial charge on any atom is 0.267 e. The fourth-order valence-corrected chi connectivity index (χ4v) is 3.27. The van der Waals surface area contributed by atoms with Crippen molar-refractivity contribution in [2.24, 2.45) is 5.10 Å². The number of hydrogen-bond donors (Lipinski definition) is 0. The molecular formula is C24H19FN2O. The topological polar surface area (TPSA) is 32.7 Å². The van der Waals surface area contributed by atoms with Gasteiger partial charge in [-0.3, -0.25) is 4.79 Å². The van der Waals surface area contributed by atoms with Crippen molar-refractivity contribution in [2.75, 3.05) is 0 Å². The Kier molecular flexibility index (Phi) is 5.11. The van der Waals surface area contributed by atoms with Crippen LogP contribution >= 0.6 is 0 Å². The normalized spacial score (nSPS) is 16.4. The summed E-state index contributed by atoms with van der Waals surface area (Å²) in [6.07, 6.45) is 3.89. The number of benzene rings is 3. The first kappa shape index (κ1) is 17.9. The fourth-order valence-electron chi connectivity index (χ4n) is 3.27. The second-order valence-corrected chi connectivity index (χ2v) is 6.61. The van der Waals surface area contributed by atoms with Gasteiger partial charge in [-0.25, -0.2) is 9.40 Å². The van der Waals surface area contributed by atoms with Crippen LogP contribution in [0.4, 0.5) is 4.39 Å². The molecule has 1 aliphatic heterocycles. The smallest absolute Gasteiger partial charge is 0.267 e. The van der Waals surface area contributed by atoms with Crippen LogP contribution in [0.5, 0.6) is 0 Å². The highest BCUT2D eigenvalue weighted by Gasteiger charge is 2.32. The molecule has 0 aromatic heterocycles. The second kappa shape index (κ2) is 8.01. The highest BCUT2D eigenvalue weighted by Crippen LogP contribution is 2.33. The molecule has 4 heteroatoms. The van der Waals surface area contributed by atoms with E-state index in [1.807, 2.05) is 60.7 Å². The van der Waals surface area contributed by atoms with E-state index < -0.39 is 0 Å². The van der Waals surface area contributed by atoms with E-state index in [2.05, 4.69) is 5.10 Å². The highest BCUT2D eigenvalue weighted by atomic mass is 19.1. The molecule has 0 aliphatic carbocycles. The predicted octanol–water partition coefficient (Wildman–Crippen LogP) is 5.22. The second-order valence-electron chi connectivity index (χ2n) is 6.61. The zero-order valence-electron chi connectivity index (χ0n) is 15.2. The minimum absolute atomic E-state index is 0.205. The molecule has 3 nitrogen and oxygen atoms in total. The molecule has 4 rings (SSSR count). The summed E-state index contributed by atoms with van der Waals surface area (Å²) >= 11 is 0. The van der Waals surface area contributed by atoms with Crippen molar-refractivity contribution in [3.63, 3.8) is 0 Å². The lowest BCUT2D eigenvalue weighted by Gasteiger charge is -2.20. The molecule has 0 bridgehead atoms. The zero-order chi connectivity index (χ0) is 19.3. The van der Waals surface area contributed by atoms with Gasteiger partial charge in [-0.1, -0.05) is 72.8 Å². The molecule has 0 fully saturated rings. The Bertz CT molecular complexity index is 1010. The minimum Gasteiger partial charge on any atom is -0.268 e. The largest absolute Gasteiger partial charge is 0.268 e. The summed E-state index contributed by atoms with van der Waals surface area (Å²) in [6.45, 7) is 0. The molecule has 138 valence electrons. The van der Waals surface area contributed by atoms with E-state index in [1.165, 1.54) is 23.2 Å². The number of carbonyl (C=O) groups is 1.